The van der Waals surface area contributed by atoms with E-state index in [1.165, 1.54) is 6.08 Å². The van der Waals surface area contributed by atoms with E-state index in [4.69, 9.17) is 10.5 Å². The summed E-state index contributed by atoms with van der Waals surface area (Å²) in [6, 6.07) is 0. The average molecular weight is 279 g/mol. The molecule has 100 valence electrons. The monoisotopic (exact) mass is 279 g/mol. The van der Waals surface area contributed by atoms with Gasteiger partial charge in [0.05, 0.1) is 11.3 Å². The van der Waals surface area contributed by atoms with Crippen LogP contribution in [0.2, 0.25) is 0 Å². The molecule has 0 aromatic rings. The molecule has 0 spiro atoms. The van der Waals surface area contributed by atoms with E-state index in [9.17, 15) is 9.90 Å². The summed E-state index contributed by atoms with van der Waals surface area (Å²) in [4.78, 5) is 11.8. The molecule has 0 amide bonds. The number of hydrogen-bond donors (Lipinski definition) is 3. The topological polar surface area (TPSA) is 96.9 Å². The molecule has 2 aliphatic rings. The molecule has 0 radical (unpaired) electrons. The number of rotatable bonds is 2. The van der Waals surface area contributed by atoms with Crippen molar-refractivity contribution in [1.82, 2.24) is 5.43 Å². The number of fused-ring (bicyclic) bond motifs is 1. The Hall–Kier alpha value is -2.15. The molecule has 0 fully saturated rings. The first kappa shape index (κ1) is 13.3. The van der Waals surface area contributed by atoms with E-state index in [1.54, 1.807) is 25.2 Å². The first-order valence-electron chi connectivity index (χ1n) is 5.59. The van der Waals surface area contributed by atoms with Gasteiger partial charge >= 0.3 is 5.97 Å². The minimum atomic E-state index is -0.494. The first-order valence-corrected chi connectivity index (χ1v) is 6.00. The van der Waals surface area contributed by atoms with Crippen molar-refractivity contribution < 1.29 is 14.6 Å². The summed E-state index contributed by atoms with van der Waals surface area (Å²) < 4.78 is 5.23. The molecule has 0 aromatic heterocycles. The second-order valence-corrected chi connectivity index (χ2v) is 4.59. The number of aliphatic hydroxyl groups is 1. The van der Waals surface area contributed by atoms with Gasteiger partial charge in [0.2, 0.25) is 0 Å². The number of nitrogens with one attached hydrogen (secondary N) is 1. The lowest BCUT2D eigenvalue weighted by Gasteiger charge is -2.27. The van der Waals surface area contributed by atoms with Gasteiger partial charge < -0.3 is 15.6 Å². The number of ether oxygens (including phenoxy) is 1. The van der Waals surface area contributed by atoms with Crippen molar-refractivity contribution in [3.05, 3.63) is 35.6 Å². The highest BCUT2D eigenvalue weighted by Gasteiger charge is 2.31. The van der Waals surface area contributed by atoms with Crippen molar-refractivity contribution in [2.24, 2.45) is 16.8 Å². The summed E-state index contributed by atoms with van der Waals surface area (Å²) in [7, 11) is 0. The van der Waals surface area contributed by atoms with Gasteiger partial charge in [-0.2, -0.15) is 5.10 Å². The maximum Gasteiger partial charge on any atom is 0.340 e. The Bertz CT molecular complexity index is 548. The molecule has 0 saturated heterocycles. The molecule has 4 N–H and O–H groups in total. The predicted octanol–water partition coefficient (Wildman–Crippen LogP) is 0.675. The zero-order chi connectivity index (χ0) is 14.0. The van der Waals surface area contributed by atoms with Gasteiger partial charge in [-0.3, -0.25) is 5.43 Å². The van der Waals surface area contributed by atoms with Gasteiger partial charge in [0.1, 0.15) is 11.9 Å². The Kier molecular flexibility index (Phi) is 3.66. The fraction of sp³-hybridized carbons (Fsp3) is 0.250. The average Bonchev–Trinajstić information content (AvgIpc) is 2.35. The predicted molar refractivity (Wildman–Crippen MR) is 74.3 cm³/mol. The number of allylic oxidation sites excluding steroid dienone is 1. The first-order chi connectivity index (χ1) is 8.97. The van der Waals surface area contributed by atoms with Crippen molar-refractivity contribution in [2.75, 3.05) is 0 Å². The highest BCUT2D eigenvalue weighted by Crippen LogP contribution is 2.27. The van der Waals surface area contributed by atoms with Crippen LogP contribution in [0.4, 0.5) is 0 Å². The summed E-state index contributed by atoms with van der Waals surface area (Å²) in [5.41, 5.74) is 8.46. The quantitative estimate of drug-likeness (QED) is 0.297. The van der Waals surface area contributed by atoms with E-state index >= 15 is 0 Å². The van der Waals surface area contributed by atoms with E-state index in [2.05, 4.69) is 22.7 Å². The van der Waals surface area contributed by atoms with Crippen LogP contribution in [0.5, 0.6) is 0 Å². The van der Waals surface area contributed by atoms with Crippen LogP contribution >= 0.6 is 12.2 Å². The van der Waals surface area contributed by atoms with Crippen molar-refractivity contribution in [3.8, 4) is 0 Å². The molecule has 2 rings (SSSR count). The summed E-state index contributed by atoms with van der Waals surface area (Å²) >= 11 is 4.63. The number of nitrogens with two attached hydrogens (primary N) is 1. The second-order valence-electron chi connectivity index (χ2n) is 4.15. The zero-order valence-corrected chi connectivity index (χ0v) is 11.0. The fourth-order valence-corrected chi connectivity index (χ4v) is 1.88. The number of hydrazone groups is 1. The molecule has 7 heteroatoms. The van der Waals surface area contributed by atoms with Gasteiger partial charge in [0, 0.05) is 5.92 Å². The van der Waals surface area contributed by atoms with Gasteiger partial charge in [-0.15, -0.1) is 0 Å². The van der Waals surface area contributed by atoms with Gasteiger partial charge in [-0.1, -0.05) is 12.2 Å². The van der Waals surface area contributed by atoms with Crippen molar-refractivity contribution >= 4 is 29.0 Å². The van der Waals surface area contributed by atoms with Gasteiger partial charge in [0.15, 0.2) is 5.11 Å². The van der Waals surface area contributed by atoms with Crippen LogP contribution in [0.15, 0.2) is 40.7 Å². The van der Waals surface area contributed by atoms with Gasteiger partial charge in [0.25, 0.3) is 0 Å². The standard InChI is InChI=1S/C12H13N3O3S/c1-6(14-15-12(13)19)9-4-7-2-3-8(16)5-10(7)18-11(9)17/h2-5,7,10,16H,1H3,(H3,13,15,19)/b14-6+. The Balaban J connectivity index is 2.23. The summed E-state index contributed by atoms with van der Waals surface area (Å²) in [6.07, 6.45) is 6.10. The lowest BCUT2D eigenvalue weighted by atomic mass is 9.91. The lowest BCUT2D eigenvalue weighted by molar-refractivity contribution is -0.143. The van der Waals surface area contributed by atoms with Crippen LogP contribution in [-0.2, 0) is 9.53 Å². The van der Waals surface area contributed by atoms with Crippen LogP contribution < -0.4 is 11.2 Å². The molecule has 0 bridgehead atoms. The van der Waals surface area contributed by atoms with E-state index in [-0.39, 0.29) is 16.8 Å². The van der Waals surface area contributed by atoms with E-state index < -0.39 is 12.1 Å². The number of carbonyl (C=O) groups is 1. The highest BCUT2D eigenvalue weighted by molar-refractivity contribution is 7.80. The largest absolute Gasteiger partial charge is 0.508 e. The molecule has 1 aliphatic heterocycles. The van der Waals surface area contributed by atoms with Crippen LogP contribution in [0.3, 0.4) is 0 Å². The Labute approximate surface area is 115 Å². The van der Waals surface area contributed by atoms with Crippen LogP contribution in [0.25, 0.3) is 0 Å². The number of esters is 1. The number of thiocarbonyl (C=S) groups is 1. The Morgan fingerprint density at radius 2 is 2.32 bits per heavy atom. The zero-order valence-electron chi connectivity index (χ0n) is 10.2. The normalized spacial score (nSPS) is 25.9. The maximum atomic E-state index is 11.8. The van der Waals surface area contributed by atoms with Crippen LogP contribution in [-0.4, -0.2) is 28.0 Å². The van der Waals surface area contributed by atoms with E-state index in [0.717, 1.165) is 0 Å². The maximum absolute atomic E-state index is 11.8. The summed E-state index contributed by atoms with van der Waals surface area (Å²) in [6.45, 7) is 1.65. The molecule has 0 aromatic carbocycles. The molecule has 0 saturated carbocycles. The SMILES string of the molecule is C/C(=N\NC(N)=S)C1=CC2C=CC(O)=CC2OC1=O. The molecular formula is C12H13N3O3S. The number of hydrogen-bond acceptors (Lipinski definition) is 5. The number of carbonyl (C=O) groups excluding carboxylic acids is 1. The summed E-state index contributed by atoms with van der Waals surface area (Å²) in [5, 5.41) is 13.3. The minimum Gasteiger partial charge on any atom is -0.508 e. The van der Waals surface area contributed by atoms with E-state index in [1.807, 2.05) is 0 Å². The molecule has 6 nitrogen and oxygen atoms in total. The Morgan fingerprint density at radius 1 is 1.58 bits per heavy atom. The van der Waals surface area contributed by atoms with Crippen molar-refractivity contribution in [2.45, 2.75) is 13.0 Å². The number of aliphatic hydroxyl groups excluding tert-OH is 1. The van der Waals surface area contributed by atoms with E-state index in [0.29, 0.717) is 11.3 Å². The molecule has 1 heterocycles. The lowest BCUT2D eigenvalue weighted by Crippen LogP contribution is -2.33. The van der Waals surface area contributed by atoms with Crippen molar-refractivity contribution in [3.63, 3.8) is 0 Å². The third kappa shape index (κ3) is 3.00. The van der Waals surface area contributed by atoms with Crippen LogP contribution in [0, 0.1) is 5.92 Å². The molecule has 2 unspecified atom stereocenters. The molecule has 19 heavy (non-hydrogen) atoms. The molecular weight excluding hydrogens is 266 g/mol. The Morgan fingerprint density at radius 3 is 3.00 bits per heavy atom. The summed E-state index contributed by atoms with van der Waals surface area (Å²) in [5.74, 6) is -0.517. The van der Waals surface area contributed by atoms with Gasteiger partial charge in [-0.05, 0) is 31.3 Å². The number of nitrogens with zero attached hydrogens (tertiary/aromatic N) is 1. The highest BCUT2D eigenvalue weighted by atomic mass is 32.1. The smallest absolute Gasteiger partial charge is 0.340 e. The van der Waals surface area contributed by atoms with Gasteiger partial charge in [-0.25, -0.2) is 4.79 Å². The third-order valence-corrected chi connectivity index (χ3v) is 2.84. The minimum absolute atomic E-state index is 0.0208. The molecule has 1 aliphatic carbocycles. The third-order valence-electron chi connectivity index (χ3n) is 2.75. The van der Waals surface area contributed by atoms with Crippen LogP contribution in [0.1, 0.15) is 6.92 Å². The molecule has 2 atom stereocenters. The van der Waals surface area contributed by atoms with Crippen molar-refractivity contribution in [1.29, 1.82) is 0 Å². The fourth-order valence-electron chi connectivity index (χ4n) is 1.83. The second kappa shape index (κ2) is 5.23.